The molecule has 2 fully saturated rings. The fourth-order valence-corrected chi connectivity index (χ4v) is 2.92. The topological polar surface area (TPSA) is 109 Å². The summed E-state index contributed by atoms with van der Waals surface area (Å²) >= 11 is 0. The van der Waals surface area contributed by atoms with Gasteiger partial charge in [0.1, 0.15) is 5.92 Å². The van der Waals surface area contributed by atoms with E-state index in [4.69, 9.17) is 10.2 Å². The average molecular weight is 240 g/mol. The average Bonchev–Trinajstić information content (AvgIpc) is 2.12. The van der Waals surface area contributed by atoms with Gasteiger partial charge in [0.15, 0.2) is 17.5 Å². The normalized spacial score (nSPS) is 31.1. The van der Waals surface area contributed by atoms with E-state index in [1.54, 1.807) is 0 Å². The molecule has 1 spiro atoms. The van der Waals surface area contributed by atoms with Crippen molar-refractivity contribution in [1.82, 2.24) is 0 Å². The molecule has 0 aromatic carbocycles. The fraction of sp³-hybridized carbons (Fsp3) is 0.636. The van der Waals surface area contributed by atoms with Crippen LogP contribution in [0.15, 0.2) is 0 Å². The number of aliphatic carboxylic acids is 2. The Labute approximate surface area is 96.6 Å². The second-order valence-corrected chi connectivity index (χ2v) is 4.80. The van der Waals surface area contributed by atoms with Crippen LogP contribution in [-0.2, 0) is 19.2 Å². The maximum absolute atomic E-state index is 11.8. The van der Waals surface area contributed by atoms with Crippen molar-refractivity contribution in [3.05, 3.63) is 0 Å². The van der Waals surface area contributed by atoms with Crippen LogP contribution >= 0.6 is 0 Å². The second-order valence-electron chi connectivity index (χ2n) is 4.80. The number of ketones is 2. The molecule has 0 bridgehead atoms. The summed E-state index contributed by atoms with van der Waals surface area (Å²) in [5, 5.41) is 17.9. The minimum absolute atomic E-state index is 0.104. The van der Waals surface area contributed by atoms with Gasteiger partial charge in [0.05, 0.1) is 0 Å². The van der Waals surface area contributed by atoms with Crippen molar-refractivity contribution in [2.24, 2.45) is 17.3 Å². The molecule has 2 atom stereocenters. The minimum atomic E-state index is -1.79. The van der Waals surface area contributed by atoms with E-state index in [2.05, 4.69) is 0 Å². The summed E-state index contributed by atoms with van der Waals surface area (Å²) in [4.78, 5) is 45.4. The molecule has 0 saturated heterocycles. The Morgan fingerprint density at radius 1 is 1.12 bits per heavy atom. The number of hydrogen-bond acceptors (Lipinski definition) is 4. The van der Waals surface area contributed by atoms with Gasteiger partial charge in [0.25, 0.3) is 0 Å². The first-order valence-corrected chi connectivity index (χ1v) is 5.41. The van der Waals surface area contributed by atoms with Gasteiger partial charge in [-0.3, -0.25) is 19.2 Å². The van der Waals surface area contributed by atoms with Gasteiger partial charge in [-0.15, -0.1) is 0 Å². The van der Waals surface area contributed by atoms with Crippen LogP contribution < -0.4 is 0 Å². The largest absolute Gasteiger partial charge is 0.481 e. The lowest BCUT2D eigenvalue weighted by Gasteiger charge is -2.48. The predicted molar refractivity (Wildman–Crippen MR) is 53.2 cm³/mol. The molecule has 2 aliphatic rings. The Kier molecular flexibility index (Phi) is 2.52. The Morgan fingerprint density at radius 3 is 2.06 bits per heavy atom. The Balaban J connectivity index is 2.39. The first-order chi connectivity index (χ1) is 7.89. The third kappa shape index (κ3) is 1.55. The van der Waals surface area contributed by atoms with Crippen LogP contribution in [0.3, 0.4) is 0 Å². The van der Waals surface area contributed by atoms with Crippen molar-refractivity contribution in [2.75, 3.05) is 0 Å². The highest BCUT2D eigenvalue weighted by Crippen LogP contribution is 2.54. The summed E-state index contributed by atoms with van der Waals surface area (Å²) in [6.45, 7) is 0. The summed E-state index contributed by atoms with van der Waals surface area (Å²) in [6.07, 6.45) is 1.69. The zero-order valence-corrected chi connectivity index (χ0v) is 9.01. The molecule has 2 saturated carbocycles. The Morgan fingerprint density at radius 2 is 1.71 bits per heavy atom. The second kappa shape index (κ2) is 3.65. The van der Waals surface area contributed by atoms with E-state index < -0.39 is 40.8 Å². The lowest BCUT2D eigenvalue weighted by atomic mass is 9.53. The number of rotatable bonds is 2. The highest BCUT2D eigenvalue weighted by atomic mass is 16.4. The van der Waals surface area contributed by atoms with Crippen molar-refractivity contribution < 1.29 is 29.4 Å². The lowest BCUT2D eigenvalue weighted by molar-refractivity contribution is -0.168. The zero-order chi connectivity index (χ0) is 12.8. The van der Waals surface area contributed by atoms with Crippen LogP contribution in [-0.4, -0.2) is 33.7 Å². The van der Waals surface area contributed by atoms with Crippen molar-refractivity contribution >= 4 is 23.5 Å². The maximum atomic E-state index is 11.8. The molecule has 2 unspecified atom stereocenters. The fourth-order valence-electron chi connectivity index (χ4n) is 2.92. The van der Waals surface area contributed by atoms with Crippen molar-refractivity contribution in [3.63, 3.8) is 0 Å². The standard InChI is InChI=1S/C11H12O6/c12-5-4-11(2-1-3-11)7(10(16)17)8(13)6(5)9(14)15/h6-7H,1-4H2,(H,14,15)(H,16,17). The molecular formula is C11H12O6. The maximum Gasteiger partial charge on any atom is 0.321 e. The highest BCUT2D eigenvalue weighted by Gasteiger charge is 2.60. The number of carbonyl (C=O) groups is 4. The van der Waals surface area contributed by atoms with Crippen molar-refractivity contribution in [2.45, 2.75) is 25.7 Å². The smallest absolute Gasteiger partial charge is 0.321 e. The Hall–Kier alpha value is -1.72. The molecule has 2 aliphatic carbocycles. The number of carbonyl (C=O) groups excluding carboxylic acids is 2. The molecule has 0 amide bonds. The van der Waals surface area contributed by atoms with Gasteiger partial charge >= 0.3 is 11.9 Å². The molecule has 0 radical (unpaired) electrons. The SMILES string of the molecule is O=C(O)C1C(=O)CC2(CCC2)C(C(=O)O)C1=O. The molecule has 0 heterocycles. The molecule has 17 heavy (non-hydrogen) atoms. The first-order valence-electron chi connectivity index (χ1n) is 5.41. The summed E-state index contributed by atoms with van der Waals surface area (Å²) in [6, 6.07) is 0. The molecule has 0 aromatic heterocycles. The van der Waals surface area contributed by atoms with Gasteiger partial charge in [0.2, 0.25) is 0 Å². The van der Waals surface area contributed by atoms with Crippen LogP contribution in [0.5, 0.6) is 0 Å². The van der Waals surface area contributed by atoms with E-state index in [1.165, 1.54) is 0 Å². The van der Waals surface area contributed by atoms with E-state index in [1.807, 2.05) is 0 Å². The van der Waals surface area contributed by atoms with E-state index in [0.717, 1.165) is 6.42 Å². The molecule has 2 rings (SSSR count). The zero-order valence-electron chi connectivity index (χ0n) is 9.01. The summed E-state index contributed by atoms with van der Waals surface area (Å²) in [5.41, 5.74) is -0.814. The van der Waals surface area contributed by atoms with Gasteiger partial charge in [-0.2, -0.15) is 0 Å². The van der Waals surface area contributed by atoms with Gasteiger partial charge in [-0.05, 0) is 18.3 Å². The molecule has 0 aromatic rings. The molecule has 92 valence electrons. The van der Waals surface area contributed by atoms with Crippen molar-refractivity contribution in [1.29, 1.82) is 0 Å². The third-order valence-corrected chi connectivity index (χ3v) is 3.87. The summed E-state index contributed by atoms with van der Waals surface area (Å²) in [5.74, 6) is -7.59. The molecule has 6 heteroatoms. The van der Waals surface area contributed by atoms with E-state index >= 15 is 0 Å². The van der Waals surface area contributed by atoms with Gasteiger partial charge < -0.3 is 10.2 Å². The molecule has 6 nitrogen and oxygen atoms in total. The minimum Gasteiger partial charge on any atom is -0.481 e. The van der Waals surface area contributed by atoms with E-state index in [9.17, 15) is 19.2 Å². The monoisotopic (exact) mass is 240 g/mol. The molecule has 2 N–H and O–H groups in total. The van der Waals surface area contributed by atoms with Crippen LogP contribution in [0.4, 0.5) is 0 Å². The molecule has 0 aliphatic heterocycles. The quantitative estimate of drug-likeness (QED) is 0.662. The number of hydrogen-bond donors (Lipinski definition) is 2. The summed E-state index contributed by atoms with van der Waals surface area (Å²) in [7, 11) is 0. The number of carboxylic acids is 2. The van der Waals surface area contributed by atoms with Crippen molar-refractivity contribution in [3.8, 4) is 0 Å². The van der Waals surface area contributed by atoms with Gasteiger partial charge in [-0.25, -0.2) is 0 Å². The van der Waals surface area contributed by atoms with E-state index in [-0.39, 0.29) is 6.42 Å². The summed E-state index contributed by atoms with van der Waals surface area (Å²) < 4.78 is 0. The van der Waals surface area contributed by atoms with E-state index in [0.29, 0.717) is 12.8 Å². The Bertz CT molecular complexity index is 420. The van der Waals surface area contributed by atoms with Gasteiger partial charge in [0, 0.05) is 6.42 Å². The molecular weight excluding hydrogens is 228 g/mol. The third-order valence-electron chi connectivity index (χ3n) is 3.87. The lowest BCUT2D eigenvalue weighted by Crippen LogP contribution is -2.56. The van der Waals surface area contributed by atoms with Crippen LogP contribution in [0.1, 0.15) is 25.7 Å². The van der Waals surface area contributed by atoms with Crippen LogP contribution in [0.2, 0.25) is 0 Å². The first kappa shape index (κ1) is 11.8. The number of Topliss-reactive ketones (excluding diaryl/α,β-unsaturated/α-hetero) is 2. The van der Waals surface area contributed by atoms with Crippen LogP contribution in [0, 0.1) is 17.3 Å². The number of carboxylic acid groups (broad SMARTS) is 2. The van der Waals surface area contributed by atoms with Gasteiger partial charge in [-0.1, -0.05) is 6.42 Å². The predicted octanol–water partition coefficient (Wildman–Crippen LogP) is 0.100. The highest BCUT2D eigenvalue weighted by molar-refractivity contribution is 6.23. The van der Waals surface area contributed by atoms with Crippen LogP contribution in [0.25, 0.3) is 0 Å².